The Morgan fingerprint density at radius 1 is 1.28 bits per heavy atom. The molecule has 0 aliphatic rings. The highest BCUT2D eigenvalue weighted by atomic mass is 16.5. The summed E-state index contributed by atoms with van der Waals surface area (Å²) in [5.41, 5.74) is 6.73. The number of furan rings is 1. The fourth-order valence-electron chi connectivity index (χ4n) is 1.75. The highest BCUT2D eigenvalue weighted by Crippen LogP contribution is 2.21. The van der Waals surface area contributed by atoms with Crippen LogP contribution < -0.4 is 15.8 Å². The predicted octanol–water partition coefficient (Wildman–Crippen LogP) is 2.79. The molecule has 3 N–H and O–H groups in total. The number of ether oxygens (including phenoxy) is 1. The van der Waals surface area contributed by atoms with Crippen LogP contribution in [0.15, 0.2) is 47.1 Å². The lowest BCUT2D eigenvalue weighted by molar-refractivity contribution is 0.340. The van der Waals surface area contributed by atoms with Crippen molar-refractivity contribution in [3.63, 3.8) is 0 Å². The molecule has 0 aliphatic heterocycles. The summed E-state index contributed by atoms with van der Waals surface area (Å²) in [6.45, 7) is 3.11. The largest absolute Gasteiger partial charge is 0.494 e. The van der Waals surface area contributed by atoms with Gasteiger partial charge in [0.1, 0.15) is 11.5 Å². The van der Waals surface area contributed by atoms with Crippen molar-refractivity contribution in [3.05, 3.63) is 48.4 Å². The Labute approximate surface area is 107 Å². The van der Waals surface area contributed by atoms with Crippen LogP contribution >= 0.6 is 0 Å². The standard InChI is InChI=1S/C14H18N2O2/c1-2-17-12-7-5-11(6-8-12)16-13(10-15)14-4-3-9-18-14/h3-9,13,16H,2,10,15H2,1H3. The van der Waals surface area contributed by atoms with E-state index in [9.17, 15) is 0 Å². The average Bonchev–Trinajstić information content (AvgIpc) is 2.92. The van der Waals surface area contributed by atoms with E-state index in [0.717, 1.165) is 17.2 Å². The SMILES string of the molecule is CCOc1ccc(NC(CN)c2ccco2)cc1. The van der Waals surface area contributed by atoms with Crippen molar-refractivity contribution in [2.75, 3.05) is 18.5 Å². The molecular weight excluding hydrogens is 228 g/mol. The maximum Gasteiger partial charge on any atom is 0.127 e. The Morgan fingerprint density at radius 3 is 2.61 bits per heavy atom. The van der Waals surface area contributed by atoms with Crippen LogP contribution in [-0.4, -0.2) is 13.2 Å². The minimum Gasteiger partial charge on any atom is -0.494 e. The van der Waals surface area contributed by atoms with Crippen LogP contribution in [0.3, 0.4) is 0 Å². The minimum atomic E-state index is -0.0158. The summed E-state index contributed by atoms with van der Waals surface area (Å²) in [6, 6.07) is 11.6. The molecule has 4 heteroatoms. The van der Waals surface area contributed by atoms with Crippen molar-refractivity contribution in [2.24, 2.45) is 5.73 Å². The molecule has 0 aliphatic carbocycles. The van der Waals surface area contributed by atoms with Gasteiger partial charge in [-0.1, -0.05) is 0 Å². The zero-order valence-corrected chi connectivity index (χ0v) is 10.4. The molecule has 1 aromatic carbocycles. The number of nitrogens with two attached hydrogens (primary N) is 1. The van der Waals surface area contributed by atoms with Gasteiger partial charge in [-0.05, 0) is 43.3 Å². The second-order valence-corrected chi connectivity index (χ2v) is 3.91. The maximum atomic E-state index is 5.74. The summed E-state index contributed by atoms with van der Waals surface area (Å²) in [6.07, 6.45) is 1.65. The molecule has 0 saturated heterocycles. The molecular formula is C14H18N2O2. The average molecular weight is 246 g/mol. The zero-order valence-electron chi connectivity index (χ0n) is 10.4. The Bertz CT molecular complexity index is 451. The van der Waals surface area contributed by atoms with E-state index in [1.54, 1.807) is 6.26 Å². The predicted molar refractivity (Wildman–Crippen MR) is 71.7 cm³/mol. The molecule has 2 rings (SSSR count). The second-order valence-electron chi connectivity index (χ2n) is 3.91. The molecule has 18 heavy (non-hydrogen) atoms. The van der Waals surface area contributed by atoms with E-state index in [1.807, 2.05) is 43.3 Å². The first-order valence-corrected chi connectivity index (χ1v) is 6.06. The molecule has 0 spiro atoms. The summed E-state index contributed by atoms with van der Waals surface area (Å²) in [5.74, 6) is 1.71. The lowest BCUT2D eigenvalue weighted by atomic mass is 10.2. The molecule has 4 nitrogen and oxygen atoms in total. The number of hydrogen-bond acceptors (Lipinski definition) is 4. The van der Waals surface area contributed by atoms with Gasteiger partial charge in [-0.15, -0.1) is 0 Å². The van der Waals surface area contributed by atoms with Crippen LogP contribution in [0.2, 0.25) is 0 Å². The highest BCUT2D eigenvalue weighted by molar-refractivity contribution is 5.47. The third-order valence-corrected chi connectivity index (χ3v) is 2.63. The van der Waals surface area contributed by atoms with Gasteiger partial charge in [0.15, 0.2) is 0 Å². The van der Waals surface area contributed by atoms with Crippen LogP contribution in [0.5, 0.6) is 5.75 Å². The molecule has 2 aromatic rings. The van der Waals surface area contributed by atoms with Gasteiger partial charge in [0, 0.05) is 12.2 Å². The summed E-state index contributed by atoms with van der Waals surface area (Å²) in [5, 5.41) is 3.33. The lowest BCUT2D eigenvalue weighted by Crippen LogP contribution is -2.19. The summed E-state index contributed by atoms with van der Waals surface area (Å²) >= 11 is 0. The first-order valence-electron chi connectivity index (χ1n) is 6.06. The van der Waals surface area contributed by atoms with Gasteiger partial charge in [-0.25, -0.2) is 0 Å². The number of rotatable bonds is 6. The van der Waals surface area contributed by atoms with E-state index in [2.05, 4.69) is 5.32 Å². The summed E-state index contributed by atoms with van der Waals surface area (Å²) in [7, 11) is 0. The first-order chi connectivity index (χ1) is 8.83. The van der Waals surface area contributed by atoms with Crippen molar-refractivity contribution in [3.8, 4) is 5.75 Å². The van der Waals surface area contributed by atoms with E-state index in [0.29, 0.717) is 13.2 Å². The maximum absolute atomic E-state index is 5.74. The number of anilines is 1. The van der Waals surface area contributed by atoms with E-state index < -0.39 is 0 Å². The minimum absolute atomic E-state index is 0.0158. The molecule has 0 fully saturated rings. The van der Waals surface area contributed by atoms with Crippen molar-refractivity contribution >= 4 is 5.69 Å². The quantitative estimate of drug-likeness (QED) is 0.822. The first kappa shape index (κ1) is 12.5. The molecule has 1 heterocycles. The van der Waals surface area contributed by atoms with Gasteiger partial charge in [0.2, 0.25) is 0 Å². The molecule has 0 saturated carbocycles. The number of benzene rings is 1. The van der Waals surface area contributed by atoms with Crippen molar-refractivity contribution in [2.45, 2.75) is 13.0 Å². The third-order valence-electron chi connectivity index (χ3n) is 2.63. The highest BCUT2D eigenvalue weighted by Gasteiger charge is 2.11. The number of nitrogens with one attached hydrogen (secondary N) is 1. The third kappa shape index (κ3) is 3.05. The Kier molecular flexibility index (Phi) is 4.25. The van der Waals surface area contributed by atoms with Gasteiger partial charge in [-0.2, -0.15) is 0 Å². The van der Waals surface area contributed by atoms with Gasteiger partial charge >= 0.3 is 0 Å². The van der Waals surface area contributed by atoms with Crippen molar-refractivity contribution in [1.29, 1.82) is 0 Å². The smallest absolute Gasteiger partial charge is 0.127 e. The topological polar surface area (TPSA) is 60.4 Å². The van der Waals surface area contributed by atoms with Crippen molar-refractivity contribution in [1.82, 2.24) is 0 Å². The van der Waals surface area contributed by atoms with Crippen LogP contribution in [0.4, 0.5) is 5.69 Å². The summed E-state index contributed by atoms with van der Waals surface area (Å²) in [4.78, 5) is 0. The van der Waals surface area contributed by atoms with Gasteiger partial charge in [0.05, 0.1) is 18.9 Å². The van der Waals surface area contributed by atoms with Crippen LogP contribution in [0.1, 0.15) is 18.7 Å². The van der Waals surface area contributed by atoms with Gasteiger partial charge < -0.3 is 20.2 Å². The van der Waals surface area contributed by atoms with E-state index in [-0.39, 0.29) is 6.04 Å². The fourth-order valence-corrected chi connectivity index (χ4v) is 1.75. The molecule has 0 bridgehead atoms. The second kappa shape index (κ2) is 6.12. The molecule has 1 atom stereocenters. The molecule has 1 unspecified atom stereocenters. The Morgan fingerprint density at radius 2 is 2.06 bits per heavy atom. The van der Waals surface area contributed by atoms with Crippen LogP contribution in [0, 0.1) is 0 Å². The van der Waals surface area contributed by atoms with E-state index >= 15 is 0 Å². The summed E-state index contributed by atoms with van der Waals surface area (Å²) < 4.78 is 10.7. The molecule has 96 valence electrons. The monoisotopic (exact) mass is 246 g/mol. The molecule has 1 aromatic heterocycles. The van der Waals surface area contributed by atoms with Gasteiger partial charge in [0.25, 0.3) is 0 Å². The fraction of sp³-hybridized carbons (Fsp3) is 0.286. The number of hydrogen-bond donors (Lipinski definition) is 2. The van der Waals surface area contributed by atoms with E-state index in [4.69, 9.17) is 14.9 Å². The molecule has 0 radical (unpaired) electrons. The van der Waals surface area contributed by atoms with Crippen LogP contribution in [0.25, 0.3) is 0 Å². The Hall–Kier alpha value is -1.94. The lowest BCUT2D eigenvalue weighted by Gasteiger charge is -2.16. The van der Waals surface area contributed by atoms with Gasteiger partial charge in [-0.3, -0.25) is 0 Å². The molecule has 0 amide bonds. The zero-order chi connectivity index (χ0) is 12.8. The van der Waals surface area contributed by atoms with E-state index in [1.165, 1.54) is 0 Å². The normalized spacial score (nSPS) is 12.1. The Balaban J connectivity index is 2.03. The van der Waals surface area contributed by atoms with Crippen molar-refractivity contribution < 1.29 is 9.15 Å². The van der Waals surface area contributed by atoms with Crippen LogP contribution in [-0.2, 0) is 0 Å².